The fourth-order valence-corrected chi connectivity index (χ4v) is 4.81. The Morgan fingerprint density at radius 3 is 2.24 bits per heavy atom. The monoisotopic (exact) mass is 468 g/mol. The number of hydrogen-bond acceptors (Lipinski definition) is 5. The summed E-state index contributed by atoms with van der Waals surface area (Å²) in [6.07, 6.45) is 2.79. The highest BCUT2D eigenvalue weighted by Gasteiger charge is 2.47. The Labute approximate surface area is 197 Å². The molecule has 2 aliphatic carbocycles. The van der Waals surface area contributed by atoms with Gasteiger partial charge in [0.15, 0.2) is 0 Å². The Kier molecular flexibility index (Phi) is 6.93. The average Bonchev–Trinajstić information content (AvgIpc) is 3.47. The SMILES string of the molecule is CSCCN(CC(=O)O)C(=O)CC1(NC(=O)OCC2c3ccccc3-c3ccccc32)CC1. The number of fused-ring (bicyclic) bond motifs is 3. The van der Waals surface area contributed by atoms with Crippen molar-refractivity contribution in [3.8, 4) is 11.1 Å². The van der Waals surface area contributed by atoms with E-state index in [4.69, 9.17) is 9.84 Å². The van der Waals surface area contributed by atoms with Gasteiger partial charge >= 0.3 is 12.1 Å². The molecule has 0 radical (unpaired) electrons. The quantitative estimate of drug-likeness (QED) is 0.552. The third-order valence-corrected chi connectivity index (χ3v) is 6.89. The van der Waals surface area contributed by atoms with E-state index < -0.39 is 17.6 Å². The van der Waals surface area contributed by atoms with Crippen molar-refractivity contribution in [3.05, 3.63) is 59.7 Å². The lowest BCUT2D eigenvalue weighted by molar-refractivity contribution is -0.144. The van der Waals surface area contributed by atoms with Crippen LogP contribution in [-0.4, -0.2) is 65.2 Å². The van der Waals surface area contributed by atoms with E-state index in [1.54, 1.807) is 11.8 Å². The fraction of sp³-hybridized carbons (Fsp3) is 0.400. The van der Waals surface area contributed by atoms with Crippen LogP contribution in [0.2, 0.25) is 0 Å². The topological polar surface area (TPSA) is 95.9 Å². The van der Waals surface area contributed by atoms with Crippen LogP contribution in [0.5, 0.6) is 0 Å². The van der Waals surface area contributed by atoms with Crippen LogP contribution in [0.3, 0.4) is 0 Å². The molecule has 2 amide bonds. The molecule has 4 rings (SSSR count). The van der Waals surface area contributed by atoms with Crippen molar-refractivity contribution >= 4 is 29.7 Å². The zero-order valence-electron chi connectivity index (χ0n) is 18.6. The number of carbonyl (C=O) groups excluding carboxylic acids is 2. The van der Waals surface area contributed by atoms with Gasteiger partial charge in [-0.3, -0.25) is 9.59 Å². The number of ether oxygens (including phenoxy) is 1. The van der Waals surface area contributed by atoms with Gasteiger partial charge in [0.1, 0.15) is 13.2 Å². The number of carboxylic acid groups (broad SMARTS) is 1. The highest BCUT2D eigenvalue weighted by molar-refractivity contribution is 7.98. The number of alkyl carbamates (subject to hydrolysis) is 1. The van der Waals surface area contributed by atoms with Crippen LogP contribution in [0, 0.1) is 0 Å². The highest BCUT2D eigenvalue weighted by Crippen LogP contribution is 2.44. The summed E-state index contributed by atoms with van der Waals surface area (Å²) in [5.74, 6) is -0.675. The second kappa shape index (κ2) is 9.87. The summed E-state index contributed by atoms with van der Waals surface area (Å²) >= 11 is 1.55. The van der Waals surface area contributed by atoms with E-state index in [1.165, 1.54) is 4.90 Å². The first-order valence-electron chi connectivity index (χ1n) is 11.0. The molecule has 0 atom stereocenters. The normalized spacial score (nSPS) is 15.3. The highest BCUT2D eigenvalue weighted by atomic mass is 32.2. The third-order valence-electron chi connectivity index (χ3n) is 6.30. The number of carboxylic acids is 1. The standard InChI is InChI=1S/C25H28N2O5S/c1-33-13-12-27(15-23(29)30)22(28)14-25(10-11-25)26-24(31)32-16-21-19-8-4-2-6-17(19)18-7-3-5-9-20(18)21/h2-9,21H,10-16H2,1H3,(H,26,31)(H,29,30). The number of nitrogens with one attached hydrogen (secondary N) is 1. The lowest BCUT2D eigenvalue weighted by atomic mass is 9.98. The van der Waals surface area contributed by atoms with E-state index in [0.29, 0.717) is 25.1 Å². The number of nitrogens with zero attached hydrogens (tertiary/aromatic N) is 1. The maximum atomic E-state index is 12.7. The molecule has 2 aromatic rings. The zero-order chi connectivity index (χ0) is 23.4. The second-order valence-corrected chi connectivity index (χ2v) is 9.60. The number of benzene rings is 2. The van der Waals surface area contributed by atoms with Crippen LogP contribution in [0.15, 0.2) is 48.5 Å². The minimum absolute atomic E-state index is 0.0301. The van der Waals surface area contributed by atoms with Gasteiger partial charge in [0, 0.05) is 18.2 Å². The van der Waals surface area contributed by atoms with E-state index >= 15 is 0 Å². The summed E-state index contributed by atoms with van der Waals surface area (Å²) in [4.78, 5) is 37.8. The average molecular weight is 469 g/mol. The molecule has 8 heteroatoms. The summed E-state index contributed by atoms with van der Waals surface area (Å²) in [6, 6.07) is 16.3. The largest absolute Gasteiger partial charge is 0.480 e. The van der Waals surface area contributed by atoms with Crippen LogP contribution in [0.4, 0.5) is 4.79 Å². The van der Waals surface area contributed by atoms with Crippen LogP contribution >= 0.6 is 11.8 Å². The molecule has 0 unspecified atom stereocenters. The number of amides is 2. The fourth-order valence-electron chi connectivity index (χ4n) is 4.41. The summed E-state index contributed by atoms with van der Waals surface area (Å²) in [6.45, 7) is 0.247. The first-order chi connectivity index (χ1) is 15.9. The summed E-state index contributed by atoms with van der Waals surface area (Å²) in [5, 5.41) is 12.0. The summed E-state index contributed by atoms with van der Waals surface area (Å²) < 4.78 is 5.61. The number of hydrogen-bond donors (Lipinski definition) is 2. The van der Waals surface area contributed by atoms with Gasteiger partial charge in [-0.1, -0.05) is 48.5 Å². The van der Waals surface area contributed by atoms with Crippen LogP contribution < -0.4 is 5.32 Å². The van der Waals surface area contributed by atoms with E-state index in [-0.39, 0.29) is 31.4 Å². The minimum atomic E-state index is -1.04. The van der Waals surface area contributed by atoms with Crippen molar-refractivity contribution in [1.82, 2.24) is 10.2 Å². The lowest BCUT2D eigenvalue weighted by Gasteiger charge is -2.24. The first-order valence-corrected chi connectivity index (χ1v) is 12.4. The molecule has 0 aliphatic heterocycles. The molecule has 0 bridgehead atoms. The van der Waals surface area contributed by atoms with Gasteiger partial charge in [-0.2, -0.15) is 11.8 Å². The molecule has 174 valence electrons. The van der Waals surface area contributed by atoms with E-state index in [2.05, 4.69) is 29.6 Å². The maximum Gasteiger partial charge on any atom is 0.407 e. The van der Waals surface area contributed by atoms with Crippen LogP contribution in [0.25, 0.3) is 11.1 Å². The predicted molar refractivity (Wildman–Crippen MR) is 127 cm³/mol. The Hall–Kier alpha value is -3.00. The molecule has 0 aromatic heterocycles. The first kappa shape index (κ1) is 23.2. The molecular weight excluding hydrogens is 440 g/mol. The molecule has 0 saturated heterocycles. The number of aliphatic carboxylic acids is 1. The van der Waals surface area contributed by atoms with Crippen LogP contribution in [-0.2, 0) is 14.3 Å². The van der Waals surface area contributed by atoms with Gasteiger partial charge in [0.2, 0.25) is 5.91 Å². The molecule has 1 saturated carbocycles. The number of carbonyl (C=O) groups is 3. The number of rotatable bonds is 10. The Morgan fingerprint density at radius 2 is 1.70 bits per heavy atom. The van der Waals surface area contributed by atoms with Crippen molar-refractivity contribution in [2.75, 3.05) is 31.7 Å². The molecule has 0 heterocycles. The molecule has 2 aliphatic rings. The molecule has 2 aromatic carbocycles. The molecule has 0 spiro atoms. The zero-order valence-corrected chi connectivity index (χ0v) is 19.4. The van der Waals surface area contributed by atoms with E-state index in [9.17, 15) is 14.4 Å². The van der Waals surface area contributed by atoms with E-state index in [0.717, 1.165) is 22.3 Å². The summed E-state index contributed by atoms with van der Waals surface area (Å²) in [7, 11) is 0. The van der Waals surface area contributed by atoms with Crippen molar-refractivity contribution in [2.45, 2.75) is 30.7 Å². The molecule has 33 heavy (non-hydrogen) atoms. The van der Waals surface area contributed by atoms with Gasteiger partial charge < -0.3 is 20.1 Å². The van der Waals surface area contributed by atoms with Crippen molar-refractivity contribution in [3.63, 3.8) is 0 Å². The van der Waals surface area contributed by atoms with Gasteiger partial charge in [0.25, 0.3) is 0 Å². The predicted octanol–water partition coefficient (Wildman–Crippen LogP) is 3.72. The van der Waals surface area contributed by atoms with Gasteiger partial charge in [-0.25, -0.2) is 4.79 Å². The molecular formula is C25H28N2O5S. The van der Waals surface area contributed by atoms with Gasteiger partial charge in [0.05, 0.1) is 12.0 Å². The minimum Gasteiger partial charge on any atom is -0.480 e. The van der Waals surface area contributed by atoms with Gasteiger partial charge in [-0.05, 0) is 41.4 Å². The van der Waals surface area contributed by atoms with E-state index in [1.807, 2.05) is 30.5 Å². The third kappa shape index (κ3) is 5.33. The Bertz CT molecular complexity index is 1010. The molecule has 2 N–H and O–H groups in total. The lowest BCUT2D eigenvalue weighted by Crippen LogP contribution is -2.44. The molecule has 7 nitrogen and oxygen atoms in total. The second-order valence-electron chi connectivity index (χ2n) is 8.61. The van der Waals surface area contributed by atoms with Gasteiger partial charge in [-0.15, -0.1) is 0 Å². The van der Waals surface area contributed by atoms with Crippen LogP contribution in [0.1, 0.15) is 36.3 Å². The number of thioether (sulfide) groups is 1. The Balaban J connectivity index is 1.35. The molecule has 1 fully saturated rings. The van der Waals surface area contributed by atoms with Crippen molar-refractivity contribution in [2.24, 2.45) is 0 Å². The van der Waals surface area contributed by atoms with Crippen molar-refractivity contribution in [1.29, 1.82) is 0 Å². The Morgan fingerprint density at radius 1 is 1.09 bits per heavy atom. The maximum absolute atomic E-state index is 12.7. The van der Waals surface area contributed by atoms with Crippen molar-refractivity contribution < 1.29 is 24.2 Å². The summed E-state index contributed by atoms with van der Waals surface area (Å²) in [5.41, 5.74) is 3.96. The smallest absolute Gasteiger partial charge is 0.407 e.